The Bertz CT molecular complexity index is 876. The number of methoxy groups -OCH3 is 1. The summed E-state index contributed by atoms with van der Waals surface area (Å²) in [5.41, 5.74) is 2.53. The molecule has 2 aliphatic rings. The van der Waals surface area contributed by atoms with Crippen molar-refractivity contribution in [1.82, 2.24) is 14.5 Å². The summed E-state index contributed by atoms with van der Waals surface area (Å²) in [6.07, 6.45) is 5.20. The van der Waals surface area contributed by atoms with E-state index in [1.807, 2.05) is 12.1 Å². The van der Waals surface area contributed by atoms with Crippen molar-refractivity contribution >= 4 is 0 Å². The van der Waals surface area contributed by atoms with Crippen LogP contribution in [0.3, 0.4) is 0 Å². The first-order valence-corrected chi connectivity index (χ1v) is 10.5. The maximum Gasteiger partial charge on any atom is 0.250 e. The first-order chi connectivity index (χ1) is 13.6. The highest BCUT2D eigenvalue weighted by Gasteiger charge is 2.40. The zero-order valence-corrected chi connectivity index (χ0v) is 17.2. The van der Waals surface area contributed by atoms with Crippen molar-refractivity contribution in [2.24, 2.45) is 11.8 Å². The molecule has 1 fully saturated rings. The van der Waals surface area contributed by atoms with Gasteiger partial charge >= 0.3 is 0 Å². The molecule has 2 aromatic heterocycles. The summed E-state index contributed by atoms with van der Waals surface area (Å²) in [6, 6.07) is 10.2. The molecule has 0 radical (unpaired) electrons. The van der Waals surface area contributed by atoms with Gasteiger partial charge in [-0.05, 0) is 43.2 Å². The Hall–Kier alpha value is -2.14. The highest BCUT2D eigenvalue weighted by Crippen LogP contribution is 2.43. The van der Waals surface area contributed by atoms with Crippen molar-refractivity contribution in [2.45, 2.75) is 51.6 Å². The molecule has 150 valence electrons. The summed E-state index contributed by atoms with van der Waals surface area (Å²) in [4.78, 5) is 19.6. The predicted octanol–water partition coefficient (Wildman–Crippen LogP) is 3.85. The topological polar surface area (TPSA) is 47.4 Å². The third-order valence-electron chi connectivity index (χ3n) is 6.35. The SMILES string of the molecule is COc1ncccc1CN1C[C@H]2C[C@@H](C1)[C@H](CCC(C)C)n1c2cccc1=O. The van der Waals surface area contributed by atoms with Gasteiger partial charge in [0.2, 0.25) is 5.88 Å². The molecule has 0 N–H and O–H groups in total. The first-order valence-electron chi connectivity index (χ1n) is 10.5. The number of hydrogen-bond donors (Lipinski definition) is 0. The van der Waals surface area contributed by atoms with Crippen molar-refractivity contribution in [1.29, 1.82) is 0 Å². The quantitative estimate of drug-likeness (QED) is 0.763. The minimum absolute atomic E-state index is 0.170. The van der Waals surface area contributed by atoms with Gasteiger partial charge in [-0.25, -0.2) is 4.98 Å². The van der Waals surface area contributed by atoms with Crippen molar-refractivity contribution in [3.63, 3.8) is 0 Å². The number of ether oxygens (including phenoxy) is 1. The van der Waals surface area contributed by atoms with Crippen LogP contribution in [0, 0.1) is 11.8 Å². The Balaban J connectivity index is 1.62. The lowest BCUT2D eigenvalue weighted by atomic mass is 9.76. The van der Waals surface area contributed by atoms with E-state index < -0.39 is 0 Å². The number of nitrogens with zero attached hydrogens (tertiary/aromatic N) is 3. The Morgan fingerprint density at radius 1 is 1.21 bits per heavy atom. The van der Waals surface area contributed by atoms with E-state index in [1.165, 1.54) is 12.1 Å². The molecule has 4 heterocycles. The lowest BCUT2D eigenvalue weighted by Gasteiger charge is -2.47. The molecular formula is C23H31N3O2. The summed E-state index contributed by atoms with van der Waals surface area (Å²) in [5.74, 6) is 2.31. The number of likely N-dealkylation sites (tertiary alicyclic amines) is 1. The van der Waals surface area contributed by atoms with E-state index in [4.69, 9.17) is 4.74 Å². The summed E-state index contributed by atoms with van der Waals surface area (Å²) in [5, 5.41) is 0. The van der Waals surface area contributed by atoms with Crippen LogP contribution in [0.4, 0.5) is 0 Å². The van der Waals surface area contributed by atoms with Gasteiger partial charge in [0.15, 0.2) is 0 Å². The van der Waals surface area contributed by atoms with Crippen LogP contribution >= 0.6 is 0 Å². The number of hydrogen-bond acceptors (Lipinski definition) is 4. The molecule has 0 saturated carbocycles. The van der Waals surface area contributed by atoms with E-state index in [0.717, 1.165) is 38.0 Å². The molecule has 2 aromatic rings. The molecule has 2 aliphatic heterocycles. The van der Waals surface area contributed by atoms with Crippen LogP contribution in [0.25, 0.3) is 0 Å². The highest BCUT2D eigenvalue weighted by molar-refractivity contribution is 5.26. The molecule has 5 nitrogen and oxygen atoms in total. The fourth-order valence-electron chi connectivity index (χ4n) is 5.11. The third-order valence-corrected chi connectivity index (χ3v) is 6.35. The average Bonchev–Trinajstić information content (AvgIpc) is 2.68. The normalized spacial score (nSPS) is 24.2. The second kappa shape index (κ2) is 8.08. The molecule has 3 atom stereocenters. The van der Waals surface area contributed by atoms with Crippen LogP contribution in [0.15, 0.2) is 41.3 Å². The smallest absolute Gasteiger partial charge is 0.250 e. The van der Waals surface area contributed by atoms with Crippen molar-refractivity contribution in [2.75, 3.05) is 20.2 Å². The van der Waals surface area contributed by atoms with Gasteiger partial charge in [-0.3, -0.25) is 9.69 Å². The van der Waals surface area contributed by atoms with E-state index in [1.54, 1.807) is 19.4 Å². The standard InChI is InChI=1S/C23H31N3O2/c1-16(2)9-10-21-19-12-18(20-7-4-8-22(27)26(20)21)14-25(15-19)13-17-6-5-11-24-23(17)28-3/h4-8,11,16,18-19,21H,9-10,12-15H2,1-3H3/t18-,19+,21+/m1/s1. The third kappa shape index (κ3) is 3.72. The summed E-state index contributed by atoms with van der Waals surface area (Å²) < 4.78 is 7.58. The summed E-state index contributed by atoms with van der Waals surface area (Å²) >= 11 is 0. The largest absolute Gasteiger partial charge is 0.481 e. The Kier molecular flexibility index (Phi) is 5.54. The molecule has 2 bridgehead atoms. The highest BCUT2D eigenvalue weighted by atomic mass is 16.5. The Morgan fingerprint density at radius 3 is 2.86 bits per heavy atom. The molecule has 1 saturated heterocycles. The van der Waals surface area contributed by atoms with E-state index in [0.29, 0.717) is 29.7 Å². The molecule has 0 spiro atoms. The molecule has 5 heteroatoms. The summed E-state index contributed by atoms with van der Waals surface area (Å²) in [7, 11) is 1.68. The Labute approximate surface area is 167 Å². The van der Waals surface area contributed by atoms with E-state index in [2.05, 4.69) is 40.4 Å². The second-order valence-corrected chi connectivity index (χ2v) is 8.76. The van der Waals surface area contributed by atoms with Gasteiger partial charge in [0.05, 0.1) is 7.11 Å². The van der Waals surface area contributed by atoms with Crippen LogP contribution < -0.4 is 10.3 Å². The molecule has 28 heavy (non-hydrogen) atoms. The number of rotatable bonds is 6. The number of aromatic nitrogens is 2. The number of pyridine rings is 2. The van der Waals surface area contributed by atoms with E-state index in [9.17, 15) is 4.79 Å². The van der Waals surface area contributed by atoms with Gasteiger partial charge in [0, 0.05) is 55.1 Å². The van der Waals surface area contributed by atoms with Gasteiger partial charge in [0.1, 0.15) is 0 Å². The second-order valence-electron chi connectivity index (χ2n) is 8.76. The molecule has 0 unspecified atom stereocenters. The monoisotopic (exact) mass is 381 g/mol. The fraction of sp³-hybridized carbons (Fsp3) is 0.565. The van der Waals surface area contributed by atoms with Gasteiger partial charge < -0.3 is 9.30 Å². The zero-order chi connectivity index (χ0) is 19.7. The minimum Gasteiger partial charge on any atom is -0.481 e. The van der Waals surface area contributed by atoms with Crippen LogP contribution in [0.1, 0.15) is 56.3 Å². The first kappa shape index (κ1) is 19.2. The zero-order valence-electron chi connectivity index (χ0n) is 17.2. The number of fused-ring (bicyclic) bond motifs is 4. The molecular weight excluding hydrogens is 350 g/mol. The number of piperidine rings is 1. The predicted molar refractivity (Wildman–Crippen MR) is 111 cm³/mol. The van der Waals surface area contributed by atoms with Gasteiger partial charge in [0.25, 0.3) is 5.56 Å². The van der Waals surface area contributed by atoms with Crippen molar-refractivity contribution in [3.8, 4) is 5.88 Å². The van der Waals surface area contributed by atoms with Gasteiger partial charge in [-0.1, -0.05) is 26.0 Å². The molecule has 0 aliphatic carbocycles. The van der Waals surface area contributed by atoms with Crippen LogP contribution in [0.5, 0.6) is 5.88 Å². The lowest BCUT2D eigenvalue weighted by Crippen LogP contribution is -2.49. The average molecular weight is 382 g/mol. The molecule has 0 amide bonds. The van der Waals surface area contributed by atoms with E-state index in [-0.39, 0.29) is 5.56 Å². The molecule has 0 aromatic carbocycles. The van der Waals surface area contributed by atoms with E-state index >= 15 is 0 Å². The summed E-state index contributed by atoms with van der Waals surface area (Å²) in [6.45, 7) is 7.38. The van der Waals surface area contributed by atoms with Crippen molar-refractivity contribution < 1.29 is 4.74 Å². The Morgan fingerprint density at radius 2 is 2.07 bits per heavy atom. The van der Waals surface area contributed by atoms with Gasteiger partial charge in [-0.2, -0.15) is 0 Å². The van der Waals surface area contributed by atoms with Gasteiger partial charge in [-0.15, -0.1) is 0 Å². The maximum absolute atomic E-state index is 12.7. The fourth-order valence-corrected chi connectivity index (χ4v) is 5.11. The van der Waals surface area contributed by atoms with Crippen LogP contribution in [-0.2, 0) is 6.54 Å². The molecule has 4 rings (SSSR count). The van der Waals surface area contributed by atoms with Crippen molar-refractivity contribution in [3.05, 3.63) is 58.1 Å². The minimum atomic E-state index is 0.170. The van der Waals surface area contributed by atoms with Crippen LogP contribution in [0.2, 0.25) is 0 Å². The lowest BCUT2D eigenvalue weighted by molar-refractivity contribution is 0.0792. The van der Waals surface area contributed by atoms with Crippen LogP contribution in [-0.4, -0.2) is 34.7 Å². The maximum atomic E-state index is 12.7.